The Hall–Kier alpha value is -3.33. The van der Waals surface area contributed by atoms with Gasteiger partial charge in [-0.15, -0.1) is 0 Å². The molecule has 1 N–H and O–H groups in total. The Bertz CT molecular complexity index is 1420. The molecule has 2 aromatic carbocycles. The number of anilines is 2. The highest BCUT2D eigenvalue weighted by Gasteiger charge is 2.31. The van der Waals surface area contributed by atoms with Gasteiger partial charge in [-0.3, -0.25) is 13.7 Å². The van der Waals surface area contributed by atoms with Crippen LogP contribution in [0.2, 0.25) is 0 Å². The molecule has 2 aliphatic rings. The summed E-state index contributed by atoms with van der Waals surface area (Å²) in [6.07, 6.45) is 5.91. The maximum Gasteiger partial charge on any atom is 0.255 e. The fraction of sp³-hybridized carbons (Fsp3) is 0.429. The van der Waals surface area contributed by atoms with Crippen LogP contribution in [0.15, 0.2) is 57.8 Å². The van der Waals surface area contributed by atoms with Crippen molar-refractivity contribution in [1.29, 1.82) is 0 Å². The van der Waals surface area contributed by atoms with Crippen molar-refractivity contribution in [2.45, 2.75) is 69.9 Å². The zero-order valence-corrected chi connectivity index (χ0v) is 23.1. The molecule has 5 rings (SSSR count). The van der Waals surface area contributed by atoms with Gasteiger partial charge in [-0.05, 0) is 67.5 Å². The predicted octanol–water partition coefficient (Wildman–Crippen LogP) is 6.05. The molecule has 1 amide bonds. The Labute approximate surface area is 220 Å². The van der Waals surface area contributed by atoms with E-state index in [1.807, 2.05) is 48.5 Å². The average molecular weight is 519 g/mol. The van der Waals surface area contributed by atoms with Crippen molar-refractivity contribution in [2.24, 2.45) is 10.3 Å². The molecule has 1 aliphatic carbocycles. The van der Waals surface area contributed by atoms with Crippen LogP contribution in [0.5, 0.6) is 0 Å². The molecule has 1 saturated carbocycles. The van der Waals surface area contributed by atoms with E-state index in [0.29, 0.717) is 28.7 Å². The van der Waals surface area contributed by atoms with Crippen LogP contribution in [0.4, 0.5) is 11.4 Å². The van der Waals surface area contributed by atoms with Gasteiger partial charge in [0.2, 0.25) is 0 Å². The van der Waals surface area contributed by atoms with Gasteiger partial charge in [-0.1, -0.05) is 38.1 Å². The lowest BCUT2D eigenvalue weighted by atomic mass is 9.87. The minimum Gasteiger partial charge on any atom is -0.321 e. The first-order valence-corrected chi connectivity index (χ1v) is 14.2. The third kappa shape index (κ3) is 5.09. The second-order valence-electron chi connectivity index (χ2n) is 11.0. The molecule has 0 spiro atoms. The van der Waals surface area contributed by atoms with Gasteiger partial charge < -0.3 is 5.32 Å². The minimum absolute atomic E-state index is 0.0911. The molecule has 1 aliphatic heterocycles. The first-order chi connectivity index (χ1) is 17.5. The molecule has 0 radical (unpaired) electrons. The molecule has 0 saturated heterocycles. The Morgan fingerprint density at radius 3 is 2.54 bits per heavy atom. The van der Waals surface area contributed by atoms with E-state index in [9.17, 15) is 9.00 Å². The second kappa shape index (κ2) is 9.52. The van der Waals surface area contributed by atoms with E-state index >= 15 is 0 Å². The first-order valence-electron chi connectivity index (χ1n) is 12.6. The molecule has 2 unspecified atom stereocenters. The van der Waals surface area contributed by atoms with Gasteiger partial charge in [0.25, 0.3) is 5.91 Å². The lowest BCUT2D eigenvalue weighted by Crippen LogP contribution is -2.19. The number of aromatic nitrogens is 2. The fourth-order valence-electron chi connectivity index (χ4n) is 4.69. The first kappa shape index (κ1) is 25.3. The summed E-state index contributed by atoms with van der Waals surface area (Å²) < 4.78 is 14.5. The van der Waals surface area contributed by atoms with E-state index in [-0.39, 0.29) is 17.4 Å². The lowest BCUT2D eigenvalue weighted by Gasteiger charge is -2.21. The van der Waals surface area contributed by atoms with Crippen molar-refractivity contribution < 1.29 is 9.00 Å². The smallest absolute Gasteiger partial charge is 0.255 e. The number of hydrogen-bond donors (Lipinski definition) is 1. The van der Waals surface area contributed by atoms with Crippen LogP contribution in [0.25, 0.3) is 0 Å². The number of amides is 1. The van der Waals surface area contributed by atoms with Crippen molar-refractivity contribution >= 4 is 28.1 Å². The zero-order valence-electron chi connectivity index (χ0n) is 22.3. The van der Waals surface area contributed by atoms with Crippen LogP contribution >= 0.6 is 0 Å². The van der Waals surface area contributed by atoms with Gasteiger partial charge in [-0.2, -0.15) is 10.2 Å². The maximum atomic E-state index is 13.3. The topological polar surface area (TPSA) is 92.0 Å². The molecule has 8 nitrogen and oxygen atoms in total. The Morgan fingerprint density at radius 2 is 1.86 bits per heavy atom. The van der Waals surface area contributed by atoms with E-state index in [0.717, 1.165) is 28.1 Å². The van der Waals surface area contributed by atoms with E-state index in [1.165, 1.54) is 12.8 Å². The maximum absolute atomic E-state index is 13.3. The number of benzene rings is 2. The summed E-state index contributed by atoms with van der Waals surface area (Å²) >= 11 is 0. The molecule has 9 heteroatoms. The molecule has 3 aromatic rings. The van der Waals surface area contributed by atoms with Crippen molar-refractivity contribution in [3.05, 3.63) is 70.5 Å². The van der Waals surface area contributed by atoms with Gasteiger partial charge in [0.15, 0.2) is 0 Å². The summed E-state index contributed by atoms with van der Waals surface area (Å²) in [6.45, 7) is 11.0. The average Bonchev–Trinajstić information content (AvgIpc) is 3.44. The highest BCUT2D eigenvalue weighted by atomic mass is 32.2. The van der Waals surface area contributed by atoms with Crippen molar-refractivity contribution in [2.75, 3.05) is 23.1 Å². The van der Waals surface area contributed by atoms with Gasteiger partial charge in [0.05, 0.1) is 45.9 Å². The molecule has 37 heavy (non-hydrogen) atoms. The quantitative estimate of drug-likeness (QED) is 0.430. The monoisotopic (exact) mass is 518 g/mol. The van der Waals surface area contributed by atoms with Crippen molar-refractivity contribution in [3.63, 3.8) is 0 Å². The highest BCUT2D eigenvalue weighted by molar-refractivity contribution is 7.84. The summed E-state index contributed by atoms with van der Waals surface area (Å²) in [5, 5.41) is 18.4. The number of aryl methyl sites for hydroxylation is 1. The largest absolute Gasteiger partial charge is 0.321 e. The van der Waals surface area contributed by atoms with Crippen LogP contribution < -0.4 is 10.3 Å². The van der Waals surface area contributed by atoms with E-state index in [4.69, 9.17) is 0 Å². The standard InChI is InChI=1S/C28H34N6O2S/c1-17-7-8-19(27(35)30-23-14-20(28(3,4)5)9-12-26(23)37(6)36)13-25(17)33-16-24(31-32-33)22-15-29-34(18(22)2)21-10-11-21/h7-9,12-15,21,24H,10-11,16H2,1-6H3,(H,30,35). The molecule has 1 aromatic heterocycles. The highest BCUT2D eigenvalue weighted by Crippen LogP contribution is 2.38. The van der Waals surface area contributed by atoms with Crippen LogP contribution in [-0.2, 0) is 16.2 Å². The fourth-order valence-corrected chi connectivity index (χ4v) is 5.37. The van der Waals surface area contributed by atoms with E-state index in [1.54, 1.807) is 12.3 Å². The number of rotatable bonds is 6. The van der Waals surface area contributed by atoms with Crippen LogP contribution in [0.3, 0.4) is 0 Å². The Balaban J connectivity index is 1.37. The summed E-state index contributed by atoms with van der Waals surface area (Å²) in [5.74, 6) is -0.256. The normalized spacial score (nSPS) is 18.3. The summed E-state index contributed by atoms with van der Waals surface area (Å²) in [4.78, 5) is 13.9. The number of nitrogens with one attached hydrogen (secondary N) is 1. The Morgan fingerprint density at radius 1 is 1.11 bits per heavy atom. The molecular weight excluding hydrogens is 484 g/mol. The summed E-state index contributed by atoms with van der Waals surface area (Å²) in [5.41, 5.74) is 6.14. The van der Waals surface area contributed by atoms with Gasteiger partial charge >= 0.3 is 0 Å². The number of hydrogen-bond acceptors (Lipinski definition) is 6. The molecule has 194 valence electrons. The molecule has 2 atom stereocenters. The summed E-state index contributed by atoms with van der Waals surface area (Å²) in [6, 6.07) is 11.7. The van der Waals surface area contributed by atoms with E-state index in [2.05, 4.69) is 53.1 Å². The van der Waals surface area contributed by atoms with Crippen LogP contribution in [0.1, 0.15) is 78.4 Å². The van der Waals surface area contributed by atoms with Crippen molar-refractivity contribution in [1.82, 2.24) is 9.78 Å². The van der Waals surface area contributed by atoms with Gasteiger partial charge in [-0.25, -0.2) is 5.01 Å². The Kier molecular flexibility index (Phi) is 6.52. The SMILES string of the molecule is Cc1ccc(C(=O)Nc2cc(C(C)(C)C)ccc2S(C)=O)cc1N1CC(c2cnn(C3CC3)c2C)N=N1. The van der Waals surface area contributed by atoms with Crippen LogP contribution in [0, 0.1) is 13.8 Å². The minimum atomic E-state index is -1.24. The second-order valence-corrected chi connectivity index (χ2v) is 12.4. The van der Waals surface area contributed by atoms with E-state index < -0.39 is 10.8 Å². The molecule has 2 heterocycles. The van der Waals surface area contributed by atoms with Crippen LogP contribution in [-0.4, -0.2) is 32.7 Å². The molecule has 0 bridgehead atoms. The third-order valence-electron chi connectivity index (χ3n) is 7.13. The van der Waals surface area contributed by atoms with Crippen molar-refractivity contribution in [3.8, 4) is 0 Å². The zero-order chi connectivity index (χ0) is 26.5. The predicted molar refractivity (Wildman–Crippen MR) is 147 cm³/mol. The number of carbonyl (C=O) groups excluding carboxylic acids is 1. The number of nitrogens with zero attached hydrogens (tertiary/aromatic N) is 5. The third-order valence-corrected chi connectivity index (χ3v) is 8.11. The summed E-state index contributed by atoms with van der Waals surface area (Å²) in [7, 11) is -1.24. The number of carbonyl (C=O) groups is 1. The lowest BCUT2D eigenvalue weighted by molar-refractivity contribution is 0.102. The van der Waals surface area contributed by atoms with Gasteiger partial charge in [0.1, 0.15) is 6.04 Å². The molecule has 1 fully saturated rings. The van der Waals surface area contributed by atoms with Gasteiger partial charge in [0, 0.05) is 23.1 Å². The molecular formula is C28H34N6O2S.